The first kappa shape index (κ1) is 14.6. The second-order valence-corrected chi connectivity index (χ2v) is 6.46. The summed E-state index contributed by atoms with van der Waals surface area (Å²) >= 11 is 0. The van der Waals surface area contributed by atoms with Gasteiger partial charge in [-0.3, -0.25) is 0 Å². The Morgan fingerprint density at radius 1 is 1.26 bits per heavy atom. The molecule has 1 amide bonds. The summed E-state index contributed by atoms with van der Waals surface area (Å²) < 4.78 is 11.2. The lowest BCUT2D eigenvalue weighted by Crippen LogP contribution is -2.47. The number of carbonyl (C=O) groups is 1. The summed E-state index contributed by atoms with van der Waals surface area (Å²) in [5, 5.41) is 6.33. The van der Waals surface area contributed by atoms with Crippen molar-refractivity contribution < 1.29 is 14.3 Å². The zero-order chi connectivity index (χ0) is 13.9. The van der Waals surface area contributed by atoms with Gasteiger partial charge in [0.1, 0.15) is 5.60 Å². The van der Waals surface area contributed by atoms with Gasteiger partial charge in [0, 0.05) is 6.61 Å². The highest BCUT2D eigenvalue weighted by Crippen LogP contribution is 2.27. The second-order valence-electron chi connectivity index (χ2n) is 6.46. The number of hydrogen-bond acceptors (Lipinski definition) is 4. The number of nitrogens with one attached hydrogen (secondary N) is 2. The van der Waals surface area contributed by atoms with Crippen LogP contribution in [0.5, 0.6) is 0 Å². The molecule has 2 heterocycles. The lowest BCUT2D eigenvalue weighted by molar-refractivity contribution is 0.0258. The number of ether oxygens (including phenoxy) is 2. The van der Waals surface area contributed by atoms with Gasteiger partial charge in [-0.1, -0.05) is 0 Å². The predicted molar refractivity (Wildman–Crippen MR) is 73.1 cm³/mol. The van der Waals surface area contributed by atoms with Gasteiger partial charge < -0.3 is 20.1 Å². The van der Waals surface area contributed by atoms with Gasteiger partial charge in [-0.25, -0.2) is 4.79 Å². The first-order chi connectivity index (χ1) is 8.96. The molecule has 2 saturated heterocycles. The molecule has 2 aliphatic rings. The molecule has 2 N–H and O–H groups in total. The molecule has 0 aromatic rings. The highest BCUT2D eigenvalue weighted by atomic mass is 16.6. The van der Waals surface area contributed by atoms with E-state index in [9.17, 15) is 4.79 Å². The van der Waals surface area contributed by atoms with Crippen LogP contribution in [0.15, 0.2) is 0 Å². The van der Waals surface area contributed by atoms with Crippen molar-refractivity contribution in [3.05, 3.63) is 0 Å². The van der Waals surface area contributed by atoms with Crippen LogP contribution in [0.3, 0.4) is 0 Å². The summed E-state index contributed by atoms with van der Waals surface area (Å²) in [5.41, 5.74) is -0.451. The SMILES string of the molecule is CC(C)(C)OC(=O)N[C@@H]1CCO[C@@H]1C1CCNCC1. The number of alkyl carbamates (subject to hydrolysis) is 1. The Morgan fingerprint density at radius 3 is 2.58 bits per heavy atom. The van der Waals surface area contributed by atoms with Crippen molar-refractivity contribution in [1.29, 1.82) is 0 Å². The molecule has 2 atom stereocenters. The number of piperidine rings is 1. The van der Waals surface area contributed by atoms with Gasteiger partial charge in [-0.05, 0) is 59.0 Å². The molecule has 2 rings (SSSR count). The molecule has 0 aromatic carbocycles. The van der Waals surface area contributed by atoms with Gasteiger partial charge in [-0.2, -0.15) is 0 Å². The minimum absolute atomic E-state index is 0.0953. The number of rotatable bonds is 2. The van der Waals surface area contributed by atoms with Crippen LogP contribution in [0, 0.1) is 5.92 Å². The van der Waals surface area contributed by atoms with Gasteiger partial charge in [0.25, 0.3) is 0 Å². The number of amides is 1. The van der Waals surface area contributed by atoms with E-state index in [-0.39, 0.29) is 18.2 Å². The van der Waals surface area contributed by atoms with Gasteiger partial charge >= 0.3 is 6.09 Å². The van der Waals surface area contributed by atoms with E-state index < -0.39 is 5.60 Å². The maximum Gasteiger partial charge on any atom is 0.407 e. The Morgan fingerprint density at radius 2 is 1.95 bits per heavy atom. The van der Waals surface area contributed by atoms with Crippen LogP contribution >= 0.6 is 0 Å². The summed E-state index contributed by atoms with van der Waals surface area (Å²) in [6, 6.07) is 0.0953. The summed E-state index contributed by atoms with van der Waals surface area (Å²) in [4.78, 5) is 11.8. The average molecular weight is 270 g/mol. The van der Waals surface area contributed by atoms with Crippen molar-refractivity contribution in [2.24, 2.45) is 5.92 Å². The summed E-state index contributed by atoms with van der Waals surface area (Å²) in [5.74, 6) is 0.545. The Labute approximate surface area is 115 Å². The molecule has 0 aliphatic carbocycles. The van der Waals surface area contributed by atoms with Crippen LogP contribution in [0.1, 0.15) is 40.0 Å². The predicted octanol–water partition coefficient (Wildman–Crippen LogP) is 1.67. The van der Waals surface area contributed by atoms with Gasteiger partial charge in [0.15, 0.2) is 0 Å². The van der Waals surface area contributed by atoms with Crippen molar-refractivity contribution in [2.75, 3.05) is 19.7 Å². The molecule has 0 saturated carbocycles. The molecule has 0 bridgehead atoms. The largest absolute Gasteiger partial charge is 0.444 e. The first-order valence-corrected chi connectivity index (χ1v) is 7.27. The third kappa shape index (κ3) is 4.35. The molecule has 0 spiro atoms. The standard InChI is InChI=1S/C14H26N2O3/c1-14(2,3)19-13(17)16-11-6-9-18-12(11)10-4-7-15-8-5-10/h10-12,15H,4-9H2,1-3H3,(H,16,17)/t11-,12-/m1/s1. The normalized spacial score (nSPS) is 29.2. The van der Waals surface area contributed by atoms with E-state index in [0.717, 1.165) is 39.0 Å². The molecular weight excluding hydrogens is 244 g/mol. The zero-order valence-corrected chi connectivity index (χ0v) is 12.2. The van der Waals surface area contributed by atoms with Crippen molar-refractivity contribution in [3.63, 3.8) is 0 Å². The molecule has 2 aliphatic heterocycles. The van der Waals surface area contributed by atoms with E-state index >= 15 is 0 Å². The van der Waals surface area contributed by atoms with Crippen LogP contribution in [0.2, 0.25) is 0 Å². The van der Waals surface area contributed by atoms with Gasteiger partial charge in [0.2, 0.25) is 0 Å². The fraction of sp³-hybridized carbons (Fsp3) is 0.929. The topological polar surface area (TPSA) is 59.6 Å². The van der Waals surface area contributed by atoms with E-state index in [1.807, 2.05) is 20.8 Å². The van der Waals surface area contributed by atoms with E-state index in [1.165, 1.54) is 0 Å². The number of hydrogen-bond donors (Lipinski definition) is 2. The molecule has 110 valence electrons. The lowest BCUT2D eigenvalue weighted by Gasteiger charge is -2.31. The third-order valence-electron chi connectivity index (χ3n) is 3.69. The summed E-state index contributed by atoms with van der Waals surface area (Å²) in [7, 11) is 0. The fourth-order valence-corrected chi connectivity index (χ4v) is 2.86. The van der Waals surface area contributed by atoms with Crippen molar-refractivity contribution in [1.82, 2.24) is 10.6 Å². The lowest BCUT2D eigenvalue weighted by atomic mass is 9.88. The molecule has 19 heavy (non-hydrogen) atoms. The van der Waals surface area contributed by atoms with Crippen molar-refractivity contribution >= 4 is 6.09 Å². The third-order valence-corrected chi connectivity index (χ3v) is 3.69. The molecular formula is C14H26N2O3. The monoisotopic (exact) mass is 270 g/mol. The van der Waals surface area contributed by atoms with Gasteiger partial charge in [0.05, 0.1) is 12.1 Å². The summed E-state index contributed by atoms with van der Waals surface area (Å²) in [6.45, 7) is 8.45. The van der Waals surface area contributed by atoms with Crippen molar-refractivity contribution in [3.8, 4) is 0 Å². The molecule has 5 nitrogen and oxygen atoms in total. The first-order valence-electron chi connectivity index (χ1n) is 7.27. The van der Waals surface area contributed by atoms with Crippen LogP contribution in [-0.4, -0.2) is 43.5 Å². The van der Waals surface area contributed by atoms with E-state index in [4.69, 9.17) is 9.47 Å². The fourth-order valence-electron chi connectivity index (χ4n) is 2.86. The molecule has 2 fully saturated rings. The molecule has 0 radical (unpaired) electrons. The van der Waals surface area contributed by atoms with Crippen LogP contribution < -0.4 is 10.6 Å². The second kappa shape index (κ2) is 6.09. The quantitative estimate of drug-likeness (QED) is 0.801. The smallest absolute Gasteiger partial charge is 0.407 e. The molecule has 0 aromatic heterocycles. The summed E-state index contributed by atoms with van der Waals surface area (Å²) in [6.07, 6.45) is 2.94. The Bertz CT molecular complexity index is 308. The maximum atomic E-state index is 11.8. The Kier molecular flexibility index (Phi) is 4.68. The highest BCUT2D eigenvalue weighted by Gasteiger charge is 2.36. The zero-order valence-electron chi connectivity index (χ0n) is 12.2. The van der Waals surface area contributed by atoms with Crippen molar-refractivity contribution in [2.45, 2.75) is 57.8 Å². The minimum Gasteiger partial charge on any atom is -0.444 e. The van der Waals surface area contributed by atoms with E-state index in [0.29, 0.717) is 5.92 Å². The van der Waals surface area contributed by atoms with E-state index in [1.54, 1.807) is 0 Å². The van der Waals surface area contributed by atoms with Crippen LogP contribution in [-0.2, 0) is 9.47 Å². The highest BCUT2D eigenvalue weighted by molar-refractivity contribution is 5.68. The number of carbonyl (C=O) groups excluding carboxylic acids is 1. The Hall–Kier alpha value is -0.810. The van der Waals surface area contributed by atoms with Crippen LogP contribution in [0.4, 0.5) is 4.79 Å². The average Bonchev–Trinajstić information content (AvgIpc) is 2.75. The van der Waals surface area contributed by atoms with E-state index in [2.05, 4.69) is 10.6 Å². The molecule has 0 unspecified atom stereocenters. The Balaban J connectivity index is 1.86. The van der Waals surface area contributed by atoms with Crippen LogP contribution in [0.25, 0.3) is 0 Å². The van der Waals surface area contributed by atoms with Gasteiger partial charge in [-0.15, -0.1) is 0 Å². The molecule has 5 heteroatoms. The maximum absolute atomic E-state index is 11.8. The minimum atomic E-state index is -0.451.